The molecule has 1 rings (SSSR count). The molecule has 1 amide bonds. The van der Waals surface area contributed by atoms with Crippen LogP contribution in [0.1, 0.15) is 33.1 Å². The number of halogens is 1. The number of amides is 1. The average molecular weight is 281 g/mol. The fourth-order valence-electron chi connectivity index (χ4n) is 1.91. The fourth-order valence-corrected chi connectivity index (χ4v) is 3.03. The van der Waals surface area contributed by atoms with Gasteiger partial charge in [0, 0.05) is 19.6 Å². The maximum Gasteiger partial charge on any atom is 0.235 e. The Morgan fingerprint density at radius 3 is 2.82 bits per heavy atom. The first-order chi connectivity index (χ1) is 7.66. The van der Waals surface area contributed by atoms with E-state index in [4.69, 9.17) is 0 Å². The number of nitrogens with one attached hydrogen (secondary N) is 1. The Kier molecular flexibility index (Phi) is 9.10. The molecule has 0 aromatic heterocycles. The molecule has 102 valence electrons. The van der Waals surface area contributed by atoms with Gasteiger partial charge in [0.1, 0.15) is 0 Å². The average Bonchev–Trinajstić information content (AvgIpc) is 2.80. The molecular weight excluding hydrogens is 256 g/mol. The molecule has 1 aliphatic heterocycles. The van der Waals surface area contributed by atoms with Crippen LogP contribution in [-0.2, 0) is 4.79 Å². The van der Waals surface area contributed by atoms with E-state index in [1.54, 1.807) is 11.8 Å². The fraction of sp³-hybridized carbons (Fsp3) is 0.917. The quantitative estimate of drug-likeness (QED) is 0.757. The summed E-state index contributed by atoms with van der Waals surface area (Å²) in [5, 5.41) is 3.41. The van der Waals surface area contributed by atoms with Crippen LogP contribution in [0.15, 0.2) is 0 Å². The van der Waals surface area contributed by atoms with Crippen molar-refractivity contribution in [1.82, 2.24) is 10.2 Å². The minimum atomic E-state index is 0. The largest absolute Gasteiger partial charge is 0.340 e. The topological polar surface area (TPSA) is 32.3 Å². The third kappa shape index (κ3) is 5.49. The molecule has 17 heavy (non-hydrogen) atoms. The van der Waals surface area contributed by atoms with Crippen LogP contribution >= 0.6 is 24.2 Å². The molecule has 0 aliphatic carbocycles. The van der Waals surface area contributed by atoms with Crippen molar-refractivity contribution in [3.8, 4) is 0 Å². The molecule has 0 spiro atoms. The van der Waals surface area contributed by atoms with Crippen LogP contribution in [0.4, 0.5) is 0 Å². The van der Waals surface area contributed by atoms with Crippen molar-refractivity contribution in [3.63, 3.8) is 0 Å². The van der Waals surface area contributed by atoms with Crippen molar-refractivity contribution < 1.29 is 4.79 Å². The third-order valence-electron chi connectivity index (χ3n) is 3.14. The van der Waals surface area contributed by atoms with E-state index in [-0.39, 0.29) is 23.6 Å². The molecule has 1 heterocycles. The Balaban J connectivity index is 0.00000256. The molecule has 0 radical (unpaired) electrons. The molecule has 1 N–H and O–H groups in total. The van der Waals surface area contributed by atoms with Crippen LogP contribution in [-0.4, -0.2) is 48.0 Å². The molecule has 2 atom stereocenters. The summed E-state index contributed by atoms with van der Waals surface area (Å²) in [6.45, 7) is 6.21. The zero-order chi connectivity index (χ0) is 12.0. The molecule has 0 aromatic carbocycles. The van der Waals surface area contributed by atoms with E-state index in [0.717, 1.165) is 25.3 Å². The van der Waals surface area contributed by atoms with Crippen LogP contribution in [0.25, 0.3) is 0 Å². The van der Waals surface area contributed by atoms with Crippen LogP contribution in [0, 0.1) is 0 Å². The summed E-state index contributed by atoms with van der Waals surface area (Å²) in [6, 6.07) is 0.404. The monoisotopic (exact) mass is 280 g/mol. The van der Waals surface area contributed by atoms with Gasteiger partial charge in [-0.3, -0.25) is 4.79 Å². The molecule has 2 unspecified atom stereocenters. The molecule has 0 bridgehead atoms. The summed E-state index contributed by atoms with van der Waals surface area (Å²) in [7, 11) is 1.94. The second kappa shape index (κ2) is 9.06. The lowest BCUT2D eigenvalue weighted by molar-refractivity contribution is -0.130. The maximum atomic E-state index is 12.1. The standard InChI is InChI=1S/C12H24N2OS.ClH/c1-4-5-8-16-10(2)12(15)14(3)11-6-7-13-9-11;/h10-11,13H,4-9H2,1-3H3;1H. The summed E-state index contributed by atoms with van der Waals surface area (Å²) in [6.07, 6.45) is 3.50. The van der Waals surface area contributed by atoms with E-state index in [9.17, 15) is 4.79 Å². The van der Waals surface area contributed by atoms with Gasteiger partial charge in [0.25, 0.3) is 0 Å². The molecule has 1 fully saturated rings. The summed E-state index contributed by atoms with van der Waals surface area (Å²) >= 11 is 1.78. The molecule has 0 aromatic rings. The predicted molar refractivity (Wildman–Crippen MR) is 78.1 cm³/mol. The van der Waals surface area contributed by atoms with E-state index >= 15 is 0 Å². The number of thioether (sulfide) groups is 1. The first-order valence-electron chi connectivity index (χ1n) is 6.25. The second-order valence-electron chi connectivity index (χ2n) is 4.46. The van der Waals surface area contributed by atoms with Crippen molar-refractivity contribution in [2.45, 2.75) is 44.4 Å². The SMILES string of the molecule is CCCCSC(C)C(=O)N(C)C1CCNC1.Cl. The number of nitrogens with zero attached hydrogens (tertiary/aromatic N) is 1. The number of likely N-dealkylation sites (N-methyl/N-ethyl adjacent to an activating group) is 1. The Labute approximate surface area is 115 Å². The highest BCUT2D eigenvalue weighted by molar-refractivity contribution is 8.00. The van der Waals surface area contributed by atoms with Gasteiger partial charge in [-0.25, -0.2) is 0 Å². The highest BCUT2D eigenvalue weighted by atomic mass is 35.5. The van der Waals surface area contributed by atoms with E-state index in [1.165, 1.54) is 12.8 Å². The smallest absolute Gasteiger partial charge is 0.235 e. The lowest BCUT2D eigenvalue weighted by Crippen LogP contribution is -2.42. The van der Waals surface area contributed by atoms with Gasteiger partial charge >= 0.3 is 0 Å². The van der Waals surface area contributed by atoms with Crippen molar-refractivity contribution >= 4 is 30.1 Å². The van der Waals surface area contributed by atoms with Gasteiger partial charge in [-0.05, 0) is 32.1 Å². The van der Waals surface area contributed by atoms with Crippen LogP contribution in [0.2, 0.25) is 0 Å². The molecular formula is C12H25ClN2OS. The third-order valence-corrected chi connectivity index (χ3v) is 4.37. The predicted octanol–water partition coefficient (Wildman–Crippen LogP) is 2.15. The minimum Gasteiger partial charge on any atom is -0.340 e. The molecule has 1 saturated heterocycles. The van der Waals surface area contributed by atoms with Crippen LogP contribution in [0.3, 0.4) is 0 Å². The Morgan fingerprint density at radius 2 is 2.29 bits per heavy atom. The number of hydrogen-bond acceptors (Lipinski definition) is 3. The van der Waals surface area contributed by atoms with Crippen molar-refractivity contribution in [3.05, 3.63) is 0 Å². The highest BCUT2D eigenvalue weighted by Gasteiger charge is 2.26. The zero-order valence-electron chi connectivity index (χ0n) is 11.1. The second-order valence-corrected chi connectivity index (χ2v) is 5.91. The summed E-state index contributed by atoms with van der Waals surface area (Å²) in [5.74, 6) is 1.38. The lowest BCUT2D eigenvalue weighted by atomic mass is 10.2. The molecule has 5 heteroatoms. The van der Waals surface area contributed by atoms with E-state index in [0.29, 0.717) is 6.04 Å². The number of unbranched alkanes of at least 4 members (excludes halogenated alkanes) is 1. The van der Waals surface area contributed by atoms with Crippen LogP contribution < -0.4 is 5.32 Å². The van der Waals surface area contributed by atoms with Crippen molar-refractivity contribution in [2.75, 3.05) is 25.9 Å². The first kappa shape index (κ1) is 17.1. The number of carbonyl (C=O) groups excluding carboxylic acids is 1. The summed E-state index contributed by atoms with van der Waals surface area (Å²) in [4.78, 5) is 14.0. The highest BCUT2D eigenvalue weighted by Crippen LogP contribution is 2.17. The van der Waals surface area contributed by atoms with E-state index < -0.39 is 0 Å². The van der Waals surface area contributed by atoms with Crippen molar-refractivity contribution in [1.29, 1.82) is 0 Å². The normalized spacial score (nSPS) is 20.8. The minimum absolute atomic E-state index is 0. The van der Waals surface area contributed by atoms with Gasteiger partial charge in [-0.1, -0.05) is 13.3 Å². The summed E-state index contributed by atoms with van der Waals surface area (Å²) < 4.78 is 0. The summed E-state index contributed by atoms with van der Waals surface area (Å²) in [5.41, 5.74) is 0. The molecule has 1 aliphatic rings. The zero-order valence-corrected chi connectivity index (χ0v) is 12.7. The van der Waals surface area contributed by atoms with Gasteiger partial charge in [0.05, 0.1) is 5.25 Å². The van der Waals surface area contributed by atoms with E-state index in [2.05, 4.69) is 12.2 Å². The van der Waals surface area contributed by atoms with Crippen molar-refractivity contribution in [2.24, 2.45) is 0 Å². The maximum absolute atomic E-state index is 12.1. The number of carbonyl (C=O) groups is 1. The number of hydrogen-bond donors (Lipinski definition) is 1. The van der Waals surface area contributed by atoms with Gasteiger partial charge < -0.3 is 10.2 Å². The first-order valence-corrected chi connectivity index (χ1v) is 7.30. The Morgan fingerprint density at radius 1 is 1.59 bits per heavy atom. The molecule has 3 nitrogen and oxygen atoms in total. The van der Waals surface area contributed by atoms with Gasteiger partial charge in [0.15, 0.2) is 0 Å². The van der Waals surface area contributed by atoms with Gasteiger partial charge in [0.2, 0.25) is 5.91 Å². The van der Waals surface area contributed by atoms with Gasteiger partial charge in [-0.15, -0.1) is 24.2 Å². The Hall–Kier alpha value is 0.0700. The number of rotatable bonds is 6. The molecule has 0 saturated carbocycles. The van der Waals surface area contributed by atoms with Gasteiger partial charge in [-0.2, -0.15) is 0 Å². The Bertz CT molecular complexity index is 223. The van der Waals surface area contributed by atoms with Crippen LogP contribution in [0.5, 0.6) is 0 Å². The van der Waals surface area contributed by atoms with E-state index in [1.807, 2.05) is 18.9 Å². The lowest BCUT2D eigenvalue weighted by Gasteiger charge is -2.26.